The van der Waals surface area contributed by atoms with Crippen LogP contribution in [0.4, 0.5) is 0 Å². The lowest BCUT2D eigenvalue weighted by Crippen LogP contribution is -2.30. The van der Waals surface area contributed by atoms with E-state index in [0.29, 0.717) is 31.5 Å². The molecule has 0 amide bonds. The van der Waals surface area contributed by atoms with Crippen molar-refractivity contribution in [3.05, 3.63) is 36.5 Å². The third-order valence-corrected chi connectivity index (χ3v) is 13.4. The molecule has 392 valence electrons. The highest BCUT2D eigenvalue weighted by Crippen LogP contribution is 2.44. The molecule has 67 heavy (non-hydrogen) atoms. The molecule has 14 nitrogen and oxygen atoms in total. The molecule has 1 saturated heterocycles. The van der Waals surface area contributed by atoms with E-state index in [1.807, 2.05) is 12.2 Å². The van der Waals surface area contributed by atoms with E-state index in [-0.39, 0.29) is 12.8 Å². The first-order valence-corrected chi connectivity index (χ1v) is 29.2. The third-order valence-electron chi connectivity index (χ3n) is 12.0. The number of allylic oxidation sites excluding steroid dienone is 4. The quantitative estimate of drug-likeness (QED) is 0.0147. The van der Waals surface area contributed by atoms with Crippen molar-refractivity contribution < 1.29 is 66.3 Å². The number of phosphoric acid groups is 2. The average molecular weight is 993 g/mol. The summed E-state index contributed by atoms with van der Waals surface area (Å²) in [6, 6.07) is 0. The van der Waals surface area contributed by atoms with Gasteiger partial charge in [-0.15, -0.1) is 0 Å². The molecule has 1 rings (SSSR count). The fraction of sp³-hybridized carbons (Fsp3) is 0.843. The second-order valence-corrected chi connectivity index (χ2v) is 21.1. The molecule has 0 aromatic rings. The number of epoxide rings is 1. The van der Waals surface area contributed by atoms with E-state index < -0.39 is 66.2 Å². The van der Waals surface area contributed by atoms with Crippen LogP contribution in [0.5, 0.6) is 0 Å². The van der Waals surface area contributed by atoms with Crippen molar-refractivity contribution in [2.24, 2.45) is 5.92 Å². The molecule has 1 heterocycles. The molecule has 0 spiro atoms. The van der Waals surface area contributed by atoms with Crippen LogP contribution in [0.15, 0.2) is 36.5 Å². The number of ether oxygens (including phenoxy) is 3. The molecular formula is C51H94O14P2. The Morgan fingerprint density at radius 3 is 1.61 bits per heavy atom. The molecule has 6 atom stereocenters. The Hall–Kier alpha value is -1.70. The summed E-state index contributed by atoms with van der Waals surface area (Å²) in [6.07, 6.45) is 44.5. The maximum absolute atomic E-state index is 12.8. The van der Waals surface area contributed by atoms with Gasteiger partial charge in [0.05, 0.1) is 32.0 Å². The van der Waals surface area contributed by atoms with Gasteiger partial charge < -0.3 is 34.0 Å². The Labute approximate surface area is 405 Å². The van der Waals surface area contributed by atoms with Crippen molar-refractivity contribution in [3.63, 3.8) is 0 Å². The average Bonchev–Trinajstić information content (AvgIpc) is 4.05. The van der Waals surface area contributed by atoms with Crippen LogP contribution in [0.2, 0.25) is 0 Å². The number of aliphatic hydroxyl groups excluding tert-OH is 1. The first-order valence-electron chi connectivity index (χ1n) is 26.2. The molecule has 4 unspecified atom stereocenters. The van der Waals surface area contributed by atoms with Crippen LogP contribution in [0.3, 0.4) is 0 Å². The van der Waals surface area contributed by atoms with Crippen LogP contribution < -0.4 is 0 Å². The molecule has 0 aromatic carbocycles. The van der Waals surface area contributed by atoms with Crippen LogP contribution >= 0.6 is 15.6 Å². The maximum atomic E-state index is 12.8. The largest absolute Gasteiger partial charge is 0.472 e. The molecule has 16 heteroatoms. The van der Waals surface area contributed by atoms with Gasteiger partial charge in [0.2, 0.25) is 0 Å². The van der Waals surface area contributed by atoms with Gasteiger partial charge >= 0.3 is 27.6 Å². The summed E-state index contributed by atoms with van der Waals surface area (Å²) in [5.41, 5.74) is 0. The first-order chi connectivity index (χ1) is 32.2. The molecule has 0 radical (unpaired) electrons. The number of esters is 2. The highest BCUT2D eigenvalue weighted by atomic mass is 31.2. The fourth-order valence-corrected chi connectivity index (χ4v) is 8.63. The third kappa shape index (κ3) is 42.9. The highest BCUT2D eigenvalue weighted by molar-refractivity contribution is 7.47. The molecule has 0 aliphatic carbocycles. The summed E-state index contributed by atoms with van der Waals surface area (Å²) in [4.78, 5) is 53.0. The van der Waals surface area contributed by atoms with Gasteiger partial charge in [-0.1, -0.05) is 192 Å². The van der Waals surface area contributed by atoms with Crippen LogP contribution in [-0.4, -0.2) is 82.6 Å². The topological polar surface area (TPSA) is 208 Å². The van der Waals surface area contributed by atoms with Gasteiger partial charge in [0.15, 0.2) is 6.10 Å². The molecule has 0 bridgehead atoms. The summed E-state index contributed by atoms with van der Waals surface area (Å²) in [7, 11) is -9.70. The van der Waals surface area contributed by atoms with Crippen LogP contribution in [0, 0.1) is 5.92 Å². The monoisotopic (exact) mass is 993 g/mol. The summed E-state index contributed by atoms with van der Waals surface area (Å²) >= 11 is 0. The molecule has 1 fully saturated rings. The van der Waals surface area contributed by atoms with E-state index in [4.69, 9.17) is 33.0 Å². The predicted octanol–water partition coefficient (Wildman–Crippen LogP) is 13.3. The number of hydrogen-bond acceptors (Lipinski definition) is 11. The minimum atomic E-state index is -4.87. The van der Waals surface area contributed by atoms with Crippen molar-refractivity contribution in [1.29, 1.82) is 0 Å². The van der Waals surface area contributed by atoms with E-state index in [0.717, 1.165) is 50.9 Å². The Morgan fingerprint density at radius 1 is 0.567 bits per heavy atom. The Balaban J connectivity index is 2.30. The number of hydrogen-bond donors (Lipinski definition) is 4. The lowest BCUT2D eigenvalue weighted by molar-refractivity contribution is -0.161. The van der Waals surface area contributed by atoms with Crippen molar-refractivity contribution >= 4 is 27.6 Å². The van der Waals surface area contributed by atoms with Crippen LogP contribution in [-0.2, 0) is 46.5 Å². The lowest BCUT2D eigenvalue weighted by Gasteiger charge is -2.20. The number of phosphoric ester groups is 2. The molecule has 1 aliphatic rings. The Bertz CT molecular complexity index is 1400. The molecule has 1 aliphatic heterocycles. The fourth-order valence-electron chi connectivity index (χ4n) is 7.48. The molecule has 4 N–H and O–H groups in total. The summed E-state index contributed by atoms with van der Waals surface area (Å²) < 4.78 is 53.7. The van der Waals surface area contributed by atoms with E-state index in [9.17, 15) is 28.7 Å². The zero-order chi connectivity index (χ0) is 49.3. The van der Waals surface area contributed by atoms with Crippen molar-refractivity contribution in [1.82, 2.24) is 0 Å². The van der Waals surface area contributed by atoms with Crippen molar-refractivity contribution in [2.45, 2.75) is 244 Å². The molecule has 0 saturated carbocycles. The predicted molar refractivity (Wildman–Crippen MR) is 266 cm³/mol. The van der Waals surface area contributed by atoms with Gasteiger partial charge in [0.1, 0.15) is 12.7 Å². The van der Waals surface area contributed by atoms with Gasteiger partial charge in [-0.25, -0.2) is 9.13 Å². The van der Waals surface area contributed by atoms with Gasteiger partial charge in [-0.3, -0.25) is 23.2 Å². The van der Waals surface area contributed by atoms with E-state index in [2.05, 4.69) is 49.6 Å². The molecular weight excluding hydrogens is 898 g/mol. The number of carbonyl (C=O) groups excluding carboxylic acids is 2. The van der Waals surface area contributed by atoms with E-state index >= 15 is 0 Å². The molecule has 0 aromatic heterocycles. The van der Waals surface area contributed by atoms with Crippen LogP contribution in [0.25, 0.3) is 0 Å². The van der Waals surface area contributed by atoms with E-state index in [1.165, 1.54) is 122 Å². The van der Waals surface area contributed by atoms with Gasteiger partial charge in [-0.2, -0.15) is 0 Å². The van der Waals surface area contributed by atoms with Crippen LogP contribution in [0.1, 0.15) is 220 Å². The minimum Gasteiger partial charge on any atom is -0.462 e. The van der Waals surface area contributed by atoms with E-state index in [1.54, 1.807) is 0 Å². The van der Waals surface area contributed by atoms with Crippen molar-refractivity contribution in [3.8, 4) is 0 Å². The summed E-state index contributed by atoms with van der Waals surface area (Å²) in [5, 5.41) is 9.79. The SMILES string of the molecule is CCCCC/C=C\CC1OC1C/C=C\C/C=C\CCCC(=O)OC[C@H](COP(=O)(O)OC[C@@H](O)COP(=O)(O)O)OC(=O)CCCCCCCCCCCCCCCCCCCCC(C)CC. The van der Waals surface area contributed by atoms with Gasteiger partial charge in [0.25, 0.3) is 0 Å². The number of unbranched alkanes of at least 4 members (excludes halogenated alkanes) is 21. The summed E-state index contributed by atoms with van der Waals surface area (Å²) in [6.45, 7) is 4.08. The second kappa shape index (κ2) is 42.0. The number of carbonyl (C=O) groups is 2. The van der Waals surface area contributed by atoms with Crippen molar-refractivity contribution in [2.75, 3.05) is 26.4 Å². The Kier molecular flexibility index (Phi) is 39.7. The van der Waals surface area contributed by atoms with Gasteiger partial charge in [0, 0.05) is 12.8 Å². The lowest BCUT2D eigenvalue weighted by atomic mass is 9.99. The smallest absolute Gasteiger partial charge is 0.462 e. The normalized spacial score (nSPS) is 17.6. The zero-order valence-electron chi connectivity index (χ0n) is 41.9. The maximum Gasteiger partial charge on any atom is 0.472 e. The number of rotatable bonds is 48. The van der Waals surface area contributed by atoms with Gasteiger partial charge in [-0.05, 0) is 57.3 Å². The Morgan fingerprint density at radius 2 is 1.04 bits per heavy atom. The second-order valence-electron chi connectivity index (χ2n) is 18.4. The first kappa shape index (κ1) is 63.3. The summed E-state index contributed by atoms with van der Waals surface area (Å²) in [5.74, 6) is -0.213. The standard InChI is InChI=1S/C51H94O14P2/c1-4-6-7-8-27-32-37-48-49(65-48)38-33-28-23-21-25-29-34-39-50(53)60-43-47(44-63-67(58,59)62-42-46(52)41-61-66(55,56)57)64-51(54)40-35-30-24-20-18-16-14-12-10-9-11-13-15-17-19-22-26-31-36-45(3)5-2/h21,25,27-28,32-33,45-49,52H,4-20,22-24,26,29-31,34-44H2,1-3H3,(H,58,59)(H2,55,56,57)/b25-21-,32-27-,33-28-/t45?,46-,47+,48?,49?/m0/s1. The minimum absolute atomic E-state index is 0.115. The zero-order valence-corrected chi connectivity index (χ0v) is 43.7. The highest BCUT2D eigenvalue weighted by Gasteiger charge is 2.36. The number of aliphatic hydroxyl groups is 1.